The lowest BCUT2D eigenvalue weighted by atomic mass is 10.2. The van der Waals surface area contributed by atoms with Gasteiger partial charge in [-0.2, -0.15) is 0 Å². The molecule has 128 valence electrons. The van der Waals surface area contributed by atoms with Crippen molar-refractivity contribution in [1.29, 1.82) is 0 Å². The van der Waals surface area contributed by atoms with Crippen LogP contribution in [0.4, 0.5) is 11.5 Å². The third-order valence-electron chi connectivity index (χ3n) is 3.33. The number of carbonyl (C=O) groups excluding carboxylic acids is 1. The van der Waals surface area contributed by atoms with Crippen molar-refractivity contribution in [2.24, 2.45) is 0 Å². The minimum Gasteiger partial charge on any atom is -0.492 e. The molecule has 1 aromatic carbocycles. The number of pyridine rings is 1. The SMILES string of the molecule is CCOc1ccccc1NC(=O)c1ccc(NCCN(C)C)nc1. The second-order valence-electron chi connectivity index (χ2n) is 5.55. The molecule has 0 aliphatic carbocycles. The predicted molar refractivity (Wildman–Crippen MR) is 96.8 cm³/mol. The topological polar surface area (TPSA) is 66.5 Å². The lowest BCUT2D eigenvalue weighted by Gasteiger charge is -2.12. The molecule has 0 aliphatic heterocycles. The molecule has 0 fully saturated rings. The first-order valence-electron chi connectivity index (χ1n) is 7.98. The van der Waals surface area contributed by atoms with Crippen molar-refractivity contribution in [2.75, 3.05) is 44.4 Å². The fourth-order valence-corrected chi connectivity index (χ4v) is 2.09. The fourth-order valence-electron chi connectivity index (χ4n) is 2.09. The molecule has 0 saturated heterocycles. The summed E-state index contributed by atoms with van der Waals surface area (Å²) in [6.45, 7) is 4.16. The van der Waals surface area contributed by atoms with Crippen molar-refractivity contribution in [2.45, 2.75) is 6.92 Å². The number of rotatable bonds is 8. The highest BCUT2D eigenvalue weighted by atomic mass is 16.5. The third-order valence-corrected chi connectivity index (χ3v) is 3.33. The first-order chi connectivity index (χ1) is 11.6. The van der Waals surface area contributed by atoms with Gasteiger partial charge in [0.25, 0.3) is 5.91 Å². The van der Waals surface area contributed by atoms with Crippen molar-refractivity contribution in [3.05, 3.63) is 48.2 Å². The van der Waals surface area contributed by atoms with E-state index in [1.54, 1.807) is 18.3 Å². The molecular formula is C18H24N4O2. The van der Waals surface area contributed by atoms with Crippen LogP contribution in [0.5, 0.6) is 5.75 Å². The number of ether oxygens (including phenoxy) is 1. The van der Waals surface area contributed by atoms with Crippen molar-refractivity contribution in [3.8, 4) is 5.75 Å². The van der Waals surface area contributed by atoms with Gasteiger partial charge in [-0.05, 0) is 45.3 Å². The lowest BCUT2D eigenvalue weighted by Crippen LogP contribution is -2.21. The molecule has 1 amide bonds. The number of hydrogen-bond acceptors (Lipinski definition) is 5. The van der Waals surface area contributed by atoms with Crippen LogP contribution in [0.1, 0.15) is 17.3 Å². The lowest BCUT2D eigenvalue weighted by molar-refractivity contribution is 0.102. The van der Waals surface area contributed by atoms with E-state index in [2.05, 4.69) is 20.5 Å². The molecule has 0 saturated carbocycles. The molecule has 1 heterocycles. The molecule has 0 spiro atoms. The minimum atomic E-state index is -0.213. The van der Waals surface area contributed by atoms with Crippen LogP contribution in [-0.2, 0) is 0 Å². The zero-order chi connectivity index (χ0) is 17.4. The Balaban J connectivity index is 1.98. The molecule has 2 aromatic rings. The number of aromatic nitrogens is 1. The molecule has 0 atom stereocenters. The van der Waals surface area contributed by atoms with Gasteiger partial charge in [-0.15, -0.1) is 0 Å². The number of benzene rings is 1. The summed E-state index contributed by atoms with van der Waals surface area (Å²) in [5, 5.41) is 6.07. The number of nitrogens with one attached hydrogen (secondary N) is 2. The number of para-hydroxylation sites is 2. The van der Waals surface area contributed by atoms with Gasteiger partial charge in [-0.25, -0.2) is 4.98 Å². The van der Waals surface area contributed by atoms with Gasteiger partial charge in [0.15, 0.2) is 0 Å². The van der Waals surface area contributed by atoms with E-state index in [1.807, 2.05) is 45.3 Å². The number of likely N-dealkylation sites (N-methyl/N-ethyl adjacent to an activating group) is 1. The Morgan fingerprint density at radius 2 is 2.00 bits per heavy atom. The molecule has 0 bridgehead atoms. The van der Waals surface area contributed by atoms with Gasteiger partial charge in [0.2, 0.25) is 0 Å². The Labute approximate surface area is 142 Å². The van der Waals surface area contributed by atoms with Crippen molar-refractivity contribution in [3.63, 3.8) is 0 Å². The smallest absolute Gasteiger partial charge is 0.257 e. The number of amides is 1. The summed E-state index contributed by atoms with van der Waals surface area (Å²) in [4.78, 5) is 18.7. The molecular weight excluding hydrogens is 304 g/mol. The highest BCUT2D eigenvalue weighted by molar-refractivity contribution is 6.04. The van der Waals surface area contributed by atoms with E-state index < -0.39 is 0 Å². The largest absolute Gasteiger partial charge is 0.492 e. The number of carbonyl (C=O) groups is 1. The van der Waals surface area contributed by atoms with Crippen LogP contribution >= 0.6 is 0 Å². The predicted octanol–water partition coefficient (Wildman–Crippen LogP) is 2.71. The Bertz CT molecular complexity index is 656. The van der Waals surface area contributed by atoms with Crippen molar-refractivity contribution in [1.82, 2.24) is 9.88 Å². The normalized spacial score (nSPS) is 10.5. The fraction of sp³-hybridized carbons (Fsp3) is 0.333. The van der Waals surface area contributed by atoms with Crippen LogP contribution in [-0.4, -0.2) is 49.6 Å². The number of hydrogen-bond donors (Lipinski definition) is 2. The molecule has 1 aromatic heterocycles. The van der Waals surface area contributed by atoms with Crippen molar-refractivity contribution < 1.29 is 9.53 Å². The van der Waals surface area contributed by atoms with Gasteiger partial charge in [0, 0.05) is 19.3 Å². The highest BCUT2D eigenvalue weighted by Gasteiger charge is 2.10. The van der Waals surface area contributed by atoms with E-state index in [0.717, 1.165) is 18.9 Å². The van der Waals surface area contributed by atoms with Crippen LogP contribution in [0.3, 0.4) is 0 Å². The summed E-state index contributed by atoms with van der Waals surface area (Å²) in [6, 6.07) is 10.9. The summed E-state index contributed by atoms with van der Waals surface area (Å²) < 4.78 is 5.51. The zero-order valence-electron chi connectivity index (χ0n) is 14.4. The third kappa shape index (κ3) is 5.24. The average molecular weight is 328 g/mol. The molecule has 2 rings (SSSR count). The van der Waals surface area contributed by atoms with Gasteiger partial charge in [0.1, 0.15) is 11.6 Å². The minimum absolute atomic E-state index is 0.213. The maximum atomic E-state index is 12.4. The van der Waals surface area contributed by atoms with Gasteiger partial charge in [0.05, 0.1) is 17.9 Å². The molecule has 2 N–H and O–H groups in total. The van der Waals surface area contributed by atoms with Gasteiger partial charge in [-0.3, -0.25) is 4.79 Å². The Morgan fingerprint density at radius 1 is 1.21 bits per heavy atom. The van der Waals surface area contributed by atoms with E-state index in [1.165, 1.54) is 0 Å². The van der Waals surface area contributed by atoms with Gasteiger partial charge < -0.3 is 20.3 Å². The molecule has 24 heavy (non-hydrogen) atoms. The molecule has 0 unspecified atom stereocenters. The number of nitrogens with zero attached hydrogens (tertiary/aromatic N) is 2. The van der Waals surface area contributed by atoms with Crippen LogP contribution in [0, 0.1) is 0 Å². The molecule has 0 aliphatic rings. The number of anilines is 2. The molecule has 6 nitrogen and oxygen atoms in total. The summed E-state index contributed by atoms with van der Waals surface area (Å²) >= 11 is 0. The van der Waals surface area contributed by atoms with E-state index in [9.17, 15) is 4.79 Å². The zero-order valence-corrected chi connectivity index (χ0v) is 14.4. The Morgan fingerprint density at radius 3 is 2.67 bits per heavy atom. The second kappa shape index (κ2) is 8.88. The van der Waals surface area contributed by atoms with Crippen molar-refractivity contribution >= 4 is 17.4 Å². The maximum absolute atomic E-state index is 12.4. The van der Waals surface area contributed by atoms with E-state index in [0.29, 0.717) is 23.6 Å². The second-order valence-corrected chi connectivity index (χ2v) is 5.55. The quantitative estimate of drug-likeness (QED) is 0.780. The highest BCUT2D eigenvalue weighted by Crippen LogP contribution is 2.24. The van der Waals surface area contributed by atoms with Crippen LogP contribution in [0.2, 0.25) is 0 Å². The average Bonchev–Trinajstić information content (AvgIpc) is 2.57. The van der Waals surface area contributed by atoms with Crippen LogP contribution in [0.15, 0.2) is 42.6 Å². The summed E-state index contributed by atoms with van der Waals surface area (Å²) in [5.74, 6) is 1.20. The summed E-state index contributed by atoms with van der Waals surface area (Å²) in [7, 11) is 4.03. The van der Waals surface area contributed by atoms with Crippen LogP contribution < -0.4 is 15.4 Å². The first-order valence-corrected chi connectivity index (χ1v) is 7.98. The monoisotopic (exact) mass is 328 g/mol. The Hall–Kier alpha value is -2.60. The van der Waals surface area contributed by atoms with E-state index >= 15 is 0 Å². The van der Waals surface area contributed by atoms with Gasteiger partial charge >= 0.3 is 0 Å². The maximum Gasteiger partial charge on any atom is 0.257 e. The molecule has 0 radical (unpaired) electrons. The molecule has 6 heteroatoms. The standard InChI is InChI=1S/C18H24N4O2/c1-4-24-16-8-6-5-7-15(16)21-18(23)14-9-10-17(20-13-14)19-11-12-22(2)3/h5-10,13H,4,11-12H2,1-3H3,(H,19,20)(H,21,23). The summed E-state index contributed by atoms with van der Waals surface area (Å²) in [5.41, 5.74) is 1.15. The van der Waals surface area contributed by atoms with Crippen LogP contribution in [0.25, 0.3) is 0 Å². The van der Waals surface area contributed by atoms with Gasteiger partial charge in [-0.1, -0.05) is 12.1 Å². The van der Waals surface area contributed by atoms with E-state index in [-0.39, 0.29) is 5.91 Å². The van der Waals surface area contributed by atoms with E-state index in [4.69, 9.17) is 4.74 Å². The summed E-state index contributed by atoms with van der Waals surface area (Å²) in [6.07, 6.45) is 1.57. The Kier molecular flexibility index (Phi) is 6.57. The first kappa shape index (κ1) is 17.7.